The zero-order valence-corrected chi connectivity index (χ0v) is 13.6. The Morgan fingerprint density at radius 2 is 2.00 bits per heavy atom. The maximum absolute atomic E-state index is 12.5. The minimum atomic E-state index is -0.278. The largest absolute Gasteiger partial charge is 0.493 e. The van der Waals surface area contributed by atoms with E-state index in [0.29, 0.717) is 46.7 Å². The molecule has 0 unspecified atom stereocenters. The molecule has 0 saturated heterocycles. The van der Waals surface area contributed by atoms with Gasteiger partial charge in [-0.2, -0.15) is 0 Å². The molecule has 23 heavy (non-hydrogen) atoms. The van der Waals surface area contributed by atoms with Crippen LogP contribution >= 0.6 is 11.6 Å². The van der Waals surface area contributed by atoms with Gasteiger partial charge in [-0.25, -0.2) is 0 Å². The highest BCUT2D eigenvalue weighted by atomic mass is 35.5. The van der Waals surface area contributed by atoms with Gasteiger partial charge in [-0.3, -0.25) is 4.79 Å². The predicted octanol–water partition coefficient (Wildman–Crippen LogP) is 3.68. The molecular weight excluding hydrogens is 318 g/mol. The van der Waals surface area contributed by atoms with Crippen LogP contribution in [0.25, 0.3) is 0 Å². The van der Waals surface area contributed by atoms with Crippen molar-refractivity contribution in [2.24, 2.45) is 0 Å². The Bertz CT molecular complexity index is 743. The second kappa shape index (κ2) is 6.38. The van der Waals surface area contributed by atoms with Crippen LogP contribution in [-0.4, -0.2) is 26.2 Å². The van der Waals surface area contributed by atoms with Crippen molar-refractivity contribution in [1.29, 1.82) is 0 Å². The van der Waals surface area contributed by atoms with Crippen LogP contribution in [0.2, 0.25) is 5.02 Å². The number of halogens is 1. The highest BCUT2D eigenvalue weighted by molar-refractivity contribution is 6.31. The Kier molecular flexibility index (Phi) is 4.30. The smallest absolute Gasteiger partial charge is 0.255 e. The van der Waals surface area contributed by atoms with E-state index < -0.39 is 0 Å². The number of nitrogens with one attached hydrogen (secondary N) is 1. The molecule has 0 spiro atoms. The number of anilines is 1. The van der Waals surface area contributed by atoms with Crippen molar-refractivity contribution in [3.63, 3.8) is 0 Å². The van der Waals surface area contributed by atoms with E-state index in [1.54, 1.807) is 24.3 Å². The summed E-state index contributed by atoms with van der Waals surface area (Å²) >= 11 is 6.08. The number of benzene rings is 2. The van der Waals surface area contributed by atoms with E-state index in [-0.39, 0.29) is 5.91 Å². The highest BCUT2D eigenvalue weighted by Gasteiger charge is 2.21. The van der Waals surface area contributed by atoms with E-state index in [1.165, 1.54) is 7.11 Å². The molecule has 3 rings (SSSR count). The fraction of sp³-hybridized carbons (Fsp3) is 0.235. The molecule has 0 saturated carbocycles. The van der Waals surface area contributed by atoms with Crippen LogP contribution in [-0.2, 0) is 0 Å². The van der Waals surface area contributed by atoms with Crippen LogP contribution < -0.4 is 19.5 Å². The van der Waals surface area contributed by atoms with E-state index in [0.717, 1.165) is 5.56 Å². The number of carbonyl (C=O) groups is 1. The van der Waals surface area contributed by atoms with Gasteiger partial charge in [0.1, 0.15) is 13.2 Å². The van der Waals surface area contributed by atoms with Crippen molar-refractivity contribution in [1.82, 2.24) is 0 Å². The highest BCUT2D eigenvalue weighted by Crippen LogP contribution is 2.40. The average Bonchev–Trinajstić information content (AvgIpc) is 2.57. The molecule has 1 N–H and O–H groups in total. The van der Waals surface area contributed by atoms with Crippen molar-refractivity contribution in [2.45, 2.75) is 6.92 Å². The minimum absolute atomic E-state index is 0.278. The topological polar surface area (TPSA) is 56.8 Å². The van der Waals surface area contributed by atoms with Gasteiger partial charge in [-0.15, -0.1) is 0 Å². The van der Waals surface area contributed by atoms with Crippen molar-refractivity contribution in [2.75, 3.05) is 25.6 Å². The SMILES string of the molecule is COc1cc(C(=O)Nc2ccc(C)c(Cl)c2)cc2c1OCCO2. The van der Waals surface area contributed by atoms with Gasteiger partial charge in [0, 0.05) is 16.3 Å². The molecule has 2 aromatic rings. The van der Waals surface area contributed by atoms with Gasteiger partial charge in [-0.1, -0.05) is 17.7 Å². The summed E-state index contributed by atoms with van der Waals surface area (Å²) in [6.07, 6.45) is 0. The summed E-state index contributed by atoms with van der Waals surface area (Å²) in [6.45, 7) is 2.80. The molecule has 2 aromatic carbocycles. The van der Waals surface area contributed by atoms with Crippen LogP contribution in [0.3, 0.4) is 0 Å². The molecule has 0 radical (unpaired) electrons. The lowest BCUT2D eigenvalue weighted by Crippen LogP contribution is -2.18. The molecule has 0 aromatic heterocycles. The fourth-order valence-electron chi connectivity index (χ4n) is 2.28. The number of methoxy groups -OCH3 is 1. The molecule has 6 heteroatoms. The maximum atomic E-state index is 12.5. The lowest BCUT2D eigenvalue weighted by molar-refractivity contribution is 0.102. The Morgan fingerprint density at radius 1 is 1.22 bits per heavy atom. The second-order valence-electron chi connectivity index (χ2n) is 5.12. The molecule has 0 fully saturated rings. The van der Waals surface area contributed by atoms with Crippen molar-refractivity contribution in [3.8, 4) is 17.2 Å². The molecule has 5 nitrogen and oxygen atoms in total. The van der Waals surface area contributed by atoms with Crippen LogP contribution in [0.1, 0.15) is 15.9 Å². The lowest BCUT2D eigenvalue weighted by atomic mass is 10.1. The summed E-state index contributed by atoms with van der Waals surface area (Å²) < 4.78 is 16.3. The van der Waals surface area contributed by atoms with E-state index in [9.17, 15) is 4.79 Å². The number of hydrogen-bond donors (Lipinski definition) is 1. The van der Waals surface area contributed by atoms with Gasteiger partial charge in [0.05, 0.1) is 7.11 Å². The standard InChI is InChI=1S/C17H16ClNO4/c1-10-3-4-12(9-13(10)18)19-17(20)11-7-14(21-2)16-15(8-11)22-5-6-23-16/h3-4,7-9H,5-6H2,1-2H3,(H,19,20). The van der Waals surface area contributed by atoms with Crippen LogP contribution in [0, 0.1) is 6.92 Å². The first-order valence-corrected chi connectivity index (χ1v) is 7.51. The Balaban J connectivity index is 1.88. The van der Waals surface area contributed by atoms with Crippen molar-refractivity contribution in [3.05, 3.63) is 46.5 Å². The number of ether oxygens (including phenoxy) is 3. The van der Waals surface area contributed by atoms with Gasteiger partial charge in [-0.05, 0) is 36.8 Å². The van der Waals surface area contributed by atoms with Crippen LogP contribution in [0.15, 0.2) is 30.3 Å². The van der Waals surface area contributed by atoms with E-state index in [1.807, 2.05) is 13.0 Å². The Hall–Kier alpha value is -2.40. The molecule has 1 amide bonds. The monoisotopic (exact) mass is 333 g/mol. The van der Waals surface area contributed by atoms with Gasteiger partial charge in [0.2, 0.25) is 5.75 Å². The van der Waals surface area contributed by atoms with Crippen LogP contribution in [0.4, 0.5) is 5.69 Å². The van der Waals surface area contributed by atoms with Gasteiger partial charge < -0.3 is 19.5 Å². The zero-order valence-electron chi connectivity index (χ0n) is 12.8. The summed E-state index contributed by atoms with van der Waals surface area (Å²) in [4.78, 5) is 12.5. The quantitative estimate of drug-likeness (QED) is 0.931. The molecular formula is C17H16ClNO4. The maximum Gasteiger partial charge on any atom is 0.255 e. The van der Waals surface area contributed by atoms with Gasteiger partial charge in [0.15, 0.2) is 11.5 Å². The van der Waals surface area contributed by atoms with E-state index in [2.05, 4.69) is 5.32 Å². The lowest BCUT2D eigenvalue weighted by Gasteiger charge is -2.21. The molecule has 0 aliphatic carbocycles. The Labute approximate surface area is 139 Å². The average molecular weight is 334 g/mol. The number of carbonyl (C=O) groups excluding carboxylic acids is 1. The van der Waals surface area contributed by atoms with E-state index >= 15 is 0 Å². The van der Waals surface area contributed by atoms with Gasteiger partial charge in [0.25, 0.3) is 5.91 Å². The Morgan fingerprint density at radius 3 is 2.74 bits per heavy atom. The molecule has 1 aliphatic heterocycles. The summed E-state index contributed by atoms with van der Waals surface area (Å²) in [6, 6.07) is 8.63. The van der Waals surface area contributed by atoms with Crippen molar-refractivity contribution >= 4 is 23.2 Å². The first kappa shape index (κ1) is 15.5. The summed E-state index contributed by atoms with van der Waals surface area (Å²) in [5.74, 6) is 1.21. The first-order chi connectivity index (χ1) is 11.1. The third kappa shape index (κ3) is 3.19. The van der Waals surface area contributed by atoms with Gasteiger partial charge >= 0.3 is 0 Å². The predicted molar refractivity (Wildman–Crippen MR) is 88.1 cm³/mol. The summed E-state index contributed by atoms with van der Waals surface area (Å²) in [5, 5.41) is 3.41. The molecule has 120 valence electrons. The molecule has 0 atom stereocenters. The first-order valence-electron chi connectivity index (χ1n) is 7.13. The third-order valence-corrected chi connectivity index (χ3v) is 3.93. The zero-order chi connectivity index (χ0) is 16.4. The summed E-state index contributed by atoms with van der Waals surface area (Å²) in [5.41, 5.74) is 1.99. The number of hydrogen-bond acceptors (Lipinski definition) is 4. The number of aryl methyl sites for hydroxylation is 1. The minimum Gasteiger partial charge on any atom is -0.493 e. The molecule has 1 heterocycles. The number of amides is 1. The molecule has 0 bridgehead atoms. The fourth-order valence-corrected chi connectivity index (χ4v) is 2.46. The molecule has 1 aliphatic rings. The second-order valence-corrected chi connectivity index (χ2v) is 5.53. The number of rotatable bonds is 3. The van der Waals surface area contributed by atoms with Crippen LogP contribution in [0.5, 0.6) is 17.2 Å². The summed E-state index contributed by atoms with van der Waals surface area (Å²) in [7, 11) is 1.52. The van der Waals surface area contributed by atoms with Crippen molar-refractivity contribution < 1.29 is 19.0 Å². The third-order valence-electron chi connectivity index (χ3n) is 3.52. The normalized spacial score (nSPS) is 12.7. The number of fused-ring (bicyclic) bond motifs is 1. The van der Waals surface area contributed by atoms with E-state index in [4.69, 9.17) is 25.8 Å².